The Morgan fingerprint density at radius 3 is 2.63 bits per heavy atom. The molecular formula is C20H25N5O2. The van der Waals surface area contributed by atoms with E-state index >= 15 is 0 Å². The van der Waals surface area contributed by atoms with E-state index in [1.807, 2.05) is 47.4 Å². The predicted octanol–water partition coefficient (Wildman–Crippen LogP) is 0.880. The van der Waals surface area contributed by atoms with Gasteiger partial charge in [0.15, 0.2) is 0 Å². The van der Waals surface area contributed by atoms with Crippen LogP contribution in [0.4, 0.5) is 0 Å². The van der Waals surface area contributed by atoms with Crippen molar-refractivity contribution in [2.45, 2.75) is 25.3 Å². The molecule has 7 nitrogen and oxygen atoms in total. The monoisotopic (exact) mass is 367 g/mol. The fourth-order valence-electron chi connectivity index (χ4n) is 3.93. The van der Waals surface area contributed by atoms with E-state index in [0.29, 0.717) is 5.92 Å². The Hall–Kier alpha value is -2.67. The lowest BCUT2D eigenvalue weighted by atomic mass is 9.93. The van der Waals surface area contributed by atoms with Gasteiger partial charge >= 0.3 is 5.69 Å². The number of rotatable bonds is 4. The first-order chi connectivity index (χ1) is 13.1. The van der Waals surface area contributed by atoms with Crippen LogP contribution in [0, 0.1) is 5.92 Å². The zero-order chi connectivity index (χ0) is 18.8. The molecule has 1 unspecified atom stereocenters. The standard InChI is InChI=1S/C20H25N5O2/c1-23-20(27)25(16-6-3-2-4-7-16)18(22-23)14-15-9-12-24(13-10-15)19(26)17-8-5-11-21-17/h2-8,15,17,21H,9-14H2,1H3. The van der Waals surface area contributed by atoms with Crippen LogP contribution in [0.15, 0.2) is 47.3 Å². The Morgan fingerprint density at radius 2 is 1.96 bits per heavy atom. The van der Waals surface area contributed by atoms with Gasteiger partial charge in [-0.05, 0) is 30.9 Å². The van der Waals surface area contributed by atoms with E-state index in [9.17, 15) is 9.59 Å². The third-order valence-electron chi connectivity index (χ3n) is 5.45. The molecule has 1 amide bonds. The van der Waals surface area contributed by atoms with Gasteiger partial charge in [-0.25, -0.2) is 14.0 Å². The summed E-state index contributed by atoms with van der Waals surface area (Å²) in [5.41, 5.74) is 0.722. The van der Waals surface area contributed by atoms with Crippen LogP contribution in [-0.2, 0) is 18.3 Å². The Balaban J connectivity index is 1.44. The number of para-hydroxylation sites is 1. The second kappa shape index (κ2) is 7.52. The second-order valence-electron chi connectivity index (χ2n) is 7.28. The highest BCUT2D eigenvalue weighted by atomic mass is 16.2. The molecule has 1 N–H and O–H groups in total. The number of hydrogen-bond donors (Lipinski definition) is 1. The smallest absolute Gasteiger partial charge is 0.341 e. The van der Waals surface area contributed by atoms with Crippen LogP contribution in [0.3, 0.4) is 0 Å². The van der Waals surface area contributed by atoms with Gasteiger partial charge in [0.05, 0.1) is 5.69 Å². The van der Waals surface area contributed by atoms with Crippen molar-refractivity contribution in [3.63, 3.8) is 0 Å². The molecule has 0 radical (unpaired) electrons. The molecule has 2 aliphatic rings. The molecule has 4 rings (SSSR count). The molecule has 1 saturated heterocycles. The number of benzene rings is 1. The van der Waals surface area contributed by atoms with E-state index in [0.717, 1.165) is 50.4 Å². The van der Waals surface area contributed by atoms with Crippen molar-refractivity contribution >= 4 is 5.91 Å². The third kappa shape index (κ3) is 3.60. The van der Waals surface area contributed by atoms with Crippen LogP contribution in [0.25, 0.3) is 5.69 Å². The van der Waals surface area contributed by atoms with Gasteiger partial charge in [0.1, 0.15) is 11.9 Å². The number of aryl methyl sites for hydroxylation is 1. The lowest BCUT2D eigenvalue weighted by Gasteiger charge is -2.33. The van der Waals surface area contributed by atoms with Gasteiger partial charge in [-0.15, -0.1) is 0 Å². The van der Waals surface area contributed by atoms with E-state index < -0.39 is 0 Å². The maximum Gasteiger partial charge on any atom is 0.350 e. The number of hydrogen-bond acceptors (Lipinski definition) is 4. The summed E-state index contributed by atoms with van der Waals surface area (Å²) in [5, 5.41) is 7.65. The van der Waals surface area contributed by atoms with Crippen molar-refractivity contribution in [2.24, 2.45) is 13.0 Å². The molecule has 2 aromatic rings. The number of amides is 1. The van der Waals surface area contributed by atoms with Crippen molar-refractivity contribution in [3.8, 4) is 5.69 Å². The molecule has 3 heterocycles. The lowest BCUT2D eigenvalue weighted by molar-refractivity contribution is -0.133. The van der Waals surface area contributed by atoms with Crippen LogP contribution >= 0.6 is 0 Å². The lowest BCUT2D eigenvalue weighted by Crippen LogP contribution is -2.47. The molecule has 1 aromatic heterocycles. The SMILES string of the molecule is Cn1nc(CC2CCN(C(=O)C3C=CCN3)CC2)n(-c2ccccc2)c1=O. The van der Waals surface area contributed by atoms with Gasteiger partial charge in [0.2, 0.25) is 5.91 Å². The summed E-state index contributed by atoms with van der Waals surface area (Å²) >= 11 is 0. The summed E-state index contributed by atoms with van der Waals surface area (Å²) < 4.78 is 3.10. The maximum absolute atomic E-state index is 12.5. The summed E-state index contributed by atoms with van der Waals surface area (Å²) in [5.74, 6) is 1.38. The minimum Gasteiger partial charge on any atom is -0.341 e. The number of aromatic nitrogens is 3. The van der Waals surface area contributed by atoms with Gasteiger partial charge in [-0.2, -0.15) is 5.10 Å². The topological polar surface area (TPSA) is 72.2 Å². The molecule has 142 valence electrons. The minimum atomic E-state index is -0.166. The number of carbonyl (C=O) groups excluding carboxylic acids is 1. The predicted molar refractivity (Wildman–Crippen MR) is 103 cm³/mol. The molecule has 0 saturated carbocycles. The van der Waals surface area contributed by atoms with Gasteiger partial charge in [-0.3, -0.25) is 10.1 Å². The van der Waals surface area contributed by atoms with Crippen LogP contribution < -0.4 is 11.0 Å². The summed E-state index contributed by atoms with van der Waals surface area (Å²) in [4.78, 5) is 27.0. The number of likely N-dealkylation sites (tertiary alicyclic amines) is 1. The highest BCUT2D eigenvalue weighted by Gasteiger charge is 2.29. The average molecular weight is 367 g/mol. The van der Waals surface area contributed by atoms with Crippen LogP contribution in [0.2, 0.25) is 0 Å². The third-order valence-corrected chi connectivity index (χ3v) is 5.45. The largest absolute Gasteiger partial charge is 0.350 e. The molecule has 1 atom stereocenters. The summed E-state index contributed by atoms with van der Waals surface area (Å²) in [6.45, 7) is 2.29. The Bertz CT molecular complexity index is 891. The van der Waals surface area contributed by atoms with Crippen LogP contribution in [-0.4, -0.2) is 50.8 Å². The summed E-state index contributed by atoms with van der Waals surface area (Å²) in [7, 11) is 1.69. The van der Waals surface area contributed by atoms with Gasteiger partial charge in [-0.1, -0.05) is 30.4 Å². The van der Waals surface area contributed by atoms with E-state index in [-0.39, 0.29) is 17.6 Å². The number of nitrogens with one attached hydrogen (secondary N) is 1. The van der Waals surface area contributed by atoms with Crippen molar-refractivity contribution in [1.29, 1.82) is 0 Å². The quantitative estimate of drug-likeness (QED) is 0.815. The first-order valence-corrected chi connectivity index (χ1v) is 9.52. The fourth-order valence-corrected chi connectivity index (χ4v) is 3.93. The van der Waals surface area contributed by atoms with Gasteiger partial charge in [0, 0.05) is 33.1 Å². The zero-order valence-corrected chi connectivity index (χ0v) is 15.5. The number of nitrogens with zero attached hydrogens (tertiary/aromatic N) is 4. The highest BCUT2D eigenvalue weighted by molar-refractivity contribution is 5.84. The number of piperidine rings is 1. The van der Waals surface area contributed by atoms with Crippen LogP contribution in [0.5, 0.6) is 0 Å². The van der Waals surface area contributed by atoms with Crippen molar-refractivity contribution < 1.29 is 4.79 Å². The van der Waals surface area contributed by atoms with E-state index in [4.69, 9.17) is 0 Å². The van der Waals surface area contributed by atoms with Crippen molar-refractivity contribution in [2.75, 3.05) is 19.6 Å². The van der Waals surface area contributed by atoms with Gasteiger partial charge in [0.25, 0.3) is 0 Å². The molecule has 0 spiro atoms. The second-order valence-corrected chi connectivity index (χ2v) is 7.28. The molecular weight excluding hydrogens is 342 g/mol. The summed E-state index contributed by atoms with van der Waals surface area (Å²) in [6.07, 6.45) is 6.55. The molecule has 7 heteroatoms. The molecule has 1 fully saturated rings. The van der Waals surface area contributed by atoms with Crippen molar-refractivity contribution in [3.05, 3.63) is 58.8 Å². The highest BCUT2D eigenvalue weighted by Crippen LogP contribution is 2.22. The number of carbonyl (C=O) groups is 1. The van der Waals surface area contributed by atoms with E-state index in [1.54, 1.807) is 11.6 Å². The van der Waals surface area contributed by atoms with E-state index in [2.05, 4.69) is 10.4 Å². The molecule has 1 aromatic carbocycles. The van der Waals surface area contributed by atoms with Crippen LogP contribution in [0.1, 0.15) is 18.7 Å². The normalized spacial score (nSPS) is 20.3. The average Bonchev–Trinajstić information content (AvgIpc) is 3.32. The van der Waals surface area contributed by atoms with E-state index in [1.165, 1.54) is 4.68 Å². The molecule has 0 bridgehead atoms. The maximum atomic E-state index is 12.5. The Kier molecular flexibility index (Phi) is 4.94. The Labute approximate surface area is 158 Å². The first-order valence-electron chi connectivity index (χ1n) is 9.52. The fraction of sp³-hybridized carbons (Fsp3) is 0.450. The van der Waals surface area contributed by atoms with Gasteiger partial charge < -0.3 is 4.90 Å². The summed E-state index contributed by atoms with van der Waals surface area (Å²) in [6, 6.07) is 9.47. The molecule has 27 heavy (non-hydrogen) atoms. The first kappa shape index (κ1) is 17.7. The molecule has 0 aliphatic carbocycles. The molecule has 2 aliphatic heterocycles. The minimum absolute atomic E-state index is 0.122. The zero-order valence-electron chi connectivity index (χ0n) is 15.5. The Morgan fingerprint density at radius 1 is 1.22 bits per heavy atom. The van der Waals surface area contributed by atoms with Crippen molar-refractivity contribution in [1.82, 2.24) is 24.6 Å².